The predicted octanol–water partition coefficient (Wildman–Crippen LogP) is 2.75. The second kappa shape index (κ2) is 6.17. The Balaban J connectivity index is 2.30. The van der Waals surface area contributed by atoms with E-state index >= 15 is 0 Å². The van der Waals surface area contributed by atoms with Crippen molar-refractivity contribution in [3.63, 3.8) is 0 Å². The first kappa shape index (κ1) is 14.7. The van der Waals surface area contributed by atoms with Crippen LogP contribution in [0.25, 0.3) is 0 Å². The van der Waals surface area contributed by atoms with Gasteiger partial charge in [-0.2, -0.15) is 0 Å². The summed E-state index contributed by atoms with van der Waals surface area (Å²) >= 11 is 0. The highest BCUT2D eigenvalue weighted by Crippen LogP contribution is 2.17. The van der Waals surface area contributed by atoms with Gasteiger partial charge in [-0.1, -0.05) is 12.1 Å². The van der Waals surface area contributed by atoms with Crippen LogP contribution in [-0.2, 0) is 0 Å². The Hall–Kier alpha value is -2.69. The van der Waals surface area contributed by atoms with Crippen LogP contribution in [0.4, 0.5) is 10.1 Å². The molecule has 0 radical (unpaired) electrons. The number of hydrogen-bond acceptors (Lipinski definition) is 2. The van der Waals surface area contributed by atoms with E-state index in [-0.39, 0.29) is 11.8 Å². The number of anilines is 1. The number of rotatable bonds is 3. The summed E-state index contributed by atoms with van der Waals surface area (Å²) in [5, 5.41) is 5.19. The van der Waals surface area contributed by atoms with Crippen molar-refractivity contribution in [3.8, 4) is 0 Å². The van der Waals surface area contributed by atoms with Crippen molar-refractivity contribution in [2.45, 2.75) is 6.92 Å². The van der Waals surface area contributed by atoms with Gasteiger partial charge >= 0.3 is 0 Å². The maximum atomic E-state index is 13.1. The molecule has 2 rings (SSSR count). The number of amides is 2. The van der Waals surface area contributed by atoms with E-state index in [9.17, 15) is 14.0 Å². The molecule has 0 saturated carbocycles. The molecule has 0 spiro atoms. The number of benzene rings is 2. The van der Waals surface area contributed by atoms with Crippen molar-refractivity contribution in [2.75, 3.05) is 12.4 Å². The van der Waals surface area contributed by atoms with Gasteiger partial charge in [-0.25, -0.2) is 4.39 Å². The van der Waals surface area contributed by atoms with Gasteiger partial charge in [0, 0.05) is 12.6 Å². The molecule has 108 valence electrons. The van der Waals surface area contributed by atoms with Crippen molar-refractivity contribution in [3.05, 3.63) is 65.0 Å². The molecule has 21 heavy (non-hydrogen) atoms. The van der Waals surface area contributed by atoms with Gasteiger partial charge in [-0.05, 0) is 42.8 Å². The Morgan fingerprint density at radius 3 is 2.38 bits per heavy atom. The van der Waals surface area contributed by atoms with Gasteiger partial charge < -0.3 is 10.6 Å². The minimum Gasteiger partial charge on any atom is -0.355 e. The van der Waals surface area contributed by atoms with Crippen molar-refractivity contribution in [2.24, 2.45) is 0 Å². The normalized spacial score (nSPS) is 10.0. The molecule has 5 heteroatoms. The van der Waals surface area contributed by atoms with Crippen LogP contribution in [0, 0.1) is 12.7 Å². The third kappa shape index (κ3) is 3.25. The quantitative estimate of drug-likeness (QED) is 0.911. The second-order valence-electron chi connectivity index (χ2n) is 4.54. The van der Waals surface area contributed by atoms with E-state index < -0.39 is 5.82 Å². The zero-order chi connectivity index (χ0) is 15.4. The van der Waals surface area contributed by atoms with Gasteiger partial charge in [0.25, 0.3) is 11.8 Å². The minimum absolute atomic E-state index is 0.290. The largest absolute Gasteiger partial charge is 0.355 e. The summed E-state index contributed by atoms with van der Waals surface area (Å²) in [7, 11) is 1.52. The van der Waals surface area contributed by atoms with Crippen LogP contribution in [0.2, 0.25) is 0 Å². The molecule has 2 N–H and O–H groups in total. The van der Waals surface area contributed by atoms with Crippen LogP contribution in [0.1, 0.15) is 26.3 Å². The lowest BCUT2D eigenvalue weighted by atomic mass is 10.1. The van der Waals surface area contributed by atoms with Crippen LogP contribution in [0.3, 0.4) is 0 Å². The number of aryl methyl sites for hydroxylation is 1. The SMILES string of the molecule is CNC(=O)c1ccccc1NC(=O)c1ccc(F)cc1C. The number of carbonyl (C=O) groups excluding carboxylic acids is 2. The molecular weight excluding hydrogens is 271 g/mol. The Labute approximate surface area is 122 Å². The highest BCUT2D eigenvalue weighted by Gasteiger charge is 2.14. The molecule has 0 atom stereocenters. The number of carbonyl (C=O) groups is 2. The fourth-order valence-electron chi connectivity index (χ4n) is 2.00. The van der Waals surface area contributed by atoms with Crippen LogP contribution in [0.5, 0.6) is 0 Å². The summed E-state index contributed by atoms with van der Waals surface area (Å²) in [6.07, 6.45) is 0. The molecule has 0 saturated heterocycles. The van der Waals surface area contributed by atoms with Gasteiger partial charge in [0.1, 0.15) is 5.82 Å². The standard InChI is InChI=1S/C16H15FN2O2/c1-10-9-11(17)7-8-12(10)16(21)19-14-6-4-3-5-13(14)15(20)18-2/h3-9H,1-2H3,(H,18,20)(H,19,21). The average Bonchev–Trinajstić information content (AvgIpc) is 2.46. The summed E-state index contributed by atoms with van der Waals surface area (Å²) in [6.45, 7) is 1.66. The summed E-state index contributed by atoms with van der Waals surface area (Å²) in [5.41, 5.74) is 1.67. The van der Waals surface area contributed by atoms with Crippen LogP contribution < -0.4 is 10.6 Å². The molecule has 2 amide bonds. The molecule has 0 aliphatic heterocycles. The fraction of sp³-hybridized carbons (Fsp3) is 0.125. The summed E-state index contributed by atoms with van der Waals surface area (Å²) in [6, 6.07) is 10.6. The summed E-state index contributed by atoms with van der Waals surface area (Å²) in [5.74, 6) is -1.07. The van der Waals surface area contributed by atoms with Crippen molar-refractivity contribution < 1.29 is 14.0 Å². The minimum atomic E-state index is -0.394. The van der Waals surface area contributed by atoms with Crippen molar-refractivity contribution in [1.29, 1.82) is 0 Å². The fourth-order valence-corrected chi connectivity index (χ4v) is 2.00. The maximum Gasteiger partial charge on any atom is 0.255 e. The molecule has 0 aromatic heterocycles. The molecule has 0 aliphatic carbocycles. The van der Waals surface area contributed by atoms with Gasteiger partial charge in [-0.3, -0.25) is 9.59 Å². The van der Waals surface area contributed by atoms with Gasteiger partial charge in [0.15, 0.2) is 0 Å². The van der Waals surface area contributed by atoms with E-state index in [0.717, 1.165) is 0 Å². The summed E-state index contributed by atoms with van der Waals surface area (Å²) < 4.78 is 13.1. The molecular formula is C16H15FN2O2. The van der Waals surface area contributed by atoms with E-state index in [1.807, 2.05) is 0 Å². The molecule has 0 bridgehead atoms. The smallest absolute Gasteiger partial charge is 0.255 e. The average molecular weight is 286 g/mol. The molecule has 2 aromatic carbocycles. The van der Waals surface area contributed by atoms with E-state index in [1.165, 1.54) is 25.2 Å². The predicted molar refractivity (Wildman–Crippen MR) is 78.9 cm³/mol. The topological polar surface area (TPSA) is 58.2 Å². The Morgan fingerprint density at radius 1 is 1.00 bits per heavy atom. The summed E-state index contributed by atoms with van der Waals surface area (Å²) in [4.78, 5) is 24.0. The van der Waals surface area contributed by atoms with Crippen LogP contribution >= 0.6 is 0 Å². The first-order valence-electron chi connectivity index (χ1n) is 6.41. The third-order valence-electron chi connectivity index (χ3n) is 3.08. The van der Waals surface area contributed by atoms with Gasteiger partial charge in [0.05, 0.1) is 11.3 Å². The van der Waals surface area contributed by atoms with Gasteiger partial charge in [0.2, 0.25) is 0 Å². The van der Waals surface area contributed by atoms with E-state index in [2.05, 4.69) is 10.6 Å². The second-order valence-corrected chi connectivity index (χ2v) is 4.54. The molecule has 4 nitrogen and oxygen atoms in total. The number of para-hydroxylation sites is 1. The highest BCUT2D eigenvalue weighted by atomic mass is 19.1. The lowest BCUT2D eigenvalue weighted by molar-refractivity contribution is 0.0964. The maximum absolute atomic E-state index is 13.1. The van der Waals surface area contributed by atoms with E-state index in [4.69, 9.17) is 0 Å². The van der Waals surface area contributed by atoms with E-state index in [0.29, 0.717) is 22.4 Å². The first-order valence-corrected chi connectivity index (χ1v) is 6.41. The van der Waals surface area contributed by atoms with E-state index in [1.54, 1.807) is 31.2 Å². The van der Waals surface area contributed by atoms with Crippen LogP contribution in [-0.4, -0.2) is 18.9 Å². The highest BCUT2D eigenvalue weighted by molar-refractivity contribution is 6.09. The lowest BCUT2D eigenvalue weighted by Crippen LogP contribution is -2.21. The molecule has 0 heterocycles. The number of halogens is 1. The monoisotopic (exact) mass is 286 g/mol. The first-order chi connectivity index (χ1) is 10.0. The number of nitrogens with one attached hydrogen (secondary N) is 2. The Bertz CT molecular complexity index is 698. The zero-order valence-electron chi connectivity index (χ0n) is 11.7. The number of hydrogen-bond donors (Lipinski definition) is 2. The Kier molecular flexibility index (Phi) is 4.33. The zero-order valence-corrected chi connectivity index (χ0v) is 11.7. The van der Waals surface area contributed by atoms with Crippen LogP contribution in [0.15, 0.2) is 42.5 Å². The Morgan fingerprint density at radius 2 is 1.71 bits per heavy atom. The molecule has 2 aromatic rings. The molecule has 0 unspecified atom stereocenters. The van der Waals surface area contributed by atoms with Gasteiger partial charge in [-0.15, -0.1) is 0 Å². The van der Waals surface area contributed by atoms with Crippen molar-refractivity contribution >= 4 is 17.5 Å². The molecule has 0 fully saturated rings. The molecule has 0 aliphatic rings. The lowest BCUT2D eigenvalue weighted by Gasteiger charge is -2.11. The van der Waals surface area contributed by atoms with Crippen molar-refractivity contribution in [1.82, 2.24) is 5.32 Å². The third-order valence-corrected chi connectivity index (χ3v) is 3.08.